The van der Waals surface area contributed by atoms with Gasteiger partial charge >= 0.3 is 0 Å². The molecule has 0 fully saturated rings. The molecule has 2 rings (SSSR count). The first-order chi connectivity index (χ1) is 6.45. The summed E-state index contributed by atoms with van der Waals surface area (Å²) in [6.07, 6.45) is 0. The normalized spacial score (nSPS) is 10.5. The highest BCUT2D eigenvalue weighted by Crippen LogP contribution is 2.46. The summed E-state index contributed by atoms with van der Waals surface area (Å²) in [7, 11) is 5.48. The Morgan fingerprint density at radius 2 is 1.38 bits per heavy atom. The first-order valence-electron chi connectivity index (χ1n) is 3.53. The van der Waals surface area contributed by atoms with Gasteiger partial charge in [0.2, 0.25) is 0 Å². The largest absolute Gasteiger partial charge is 0.137 e. The molecule has 2 aromatic rings. The minimum absolute atomic E-state index is 1.37. The van der Waals surface area contributed by atoms with Gasteiger partial charge in [0.15, 0.2) is 0 Å². The lowest BCUT2D eigenvalue weighted by molar-refractivity contribution is 1.76. The number of rotatable bonds is 4. The Morgan fingerprint density at radius 1 is 0.846 bits per heavy atom. The summed E-state index contributed by atoms with van der Waals surface area (Å²) in [5.74, 6) is 0. The lowest BCUT2D eigenvalue weighted by atomic mass is 10.7. The lowest BCUT2D eigenvalue weighted by Crippen LogP contribution is -1.49. The van der Waals surface area contributed by atoms with E-state index < -0.39 is 0 Å². The molecule has 13 heavy (non-hydrogen) atoms. The van der Waals surface area contributed by atoms with Gasteiger partial charge in [0.05, 0.1) is 8.42 Å². The van der Waals surface area contributed by atoms with Crippen LogP contribution < -0.4 is 0 Å². The van der Waals surface area contributed by atoms with Crippen LogP contribution in [-0.4, -0.2) is 0 Å². The zero-order valence-electron chi connectivity index (χ0n) is 6.51. The maximum atomic E-state index is 2.15. The summed E-state index contributed by atoms with van der Waals surface area (Å²) in [6, 6.07) is 8.47. The van der Waals surface area contributed by atoms with E-state index in [1.165, 1.54) is 8.42 Å². The molecule has 0 atom stereocenters. The topological polar surface area (TPSA) is 0 Å². The van der Waals surface area contributed by atoms with E-state index in [0.717, 1.165) is 0 Å². The molecule has 0 aliphatic carbocycles. The molecule has 0 aliphatic rings. The van der Waals surface area contributed by atoms with E-state index >= 15 is 0 Å². The van der Waals surface area contributed by atoms with Crippen LogP contribution in [0.5, 0.6) is 0 Å². The van der Waals surface area contributed by atoms with Crippen LogP contribution in [0, 0.1) is 0 Å². The second-order valence-corrected chi connectivity index (χ2v) is 8.49. The fourth-order valence-corrected chi connectivity index (χ4v) is 7.24. The van der Waals surface area contributed by atoms with E-state index in [4.69, 9.17) is 0 Å². The summed E-state index contributed by atoms with van der Waals surface area (Å²) >= 11 is 3.58. The fraction of sp³-hybridized carbons (Fsp3) is 0. The van der Waals surface area contributed by atoms with Crippen LogP contribution in [0.15, 0.2) is 43.4 Å². The van der Waals surface area contributed by atoms with E-state index in [0.29, 0.717) is 0 Å². The van der Waals surface area contributed by atoms with Crippen LogP contribution in [-0.2, 0) is 0 Å². The fourth-order valence-electron chi connectivity index (χ4n) is 0.706. The second-order valence-electron chi connectivity index (χ2n) is 2.10. The Kier molecular flexibility index (Phi) is 4.12. The zero-order chi connectivity index (χ0) is 8.93. The molecule has 68 valence electrons. The summed E-state index contributed by atoms with van der Waals surface area (Å²) in [5, 5.41) is 4.22. The Morgan fingerprint density at radius 3 is 1.77 bits per heavy atom. The Labute approximate surface area is 96.9 Å². The summed E-state index contributed by atoms with van der Waals surface area (Å²) in [6.45, 7) is 0. The third-order valence-corrected chi connectivity index (χ3v) is 7.70. The number of hydrogen-bond acceptors (Lipinski definition) is 5. The first kappa shape index (κ1) is 9.98. The van der Waals surface area contributed by atoms with Crippen molar-refractivity contribution in [3.05, 3.63) is 35.0 Å². The predicted molar refractivity (Wildman–Crippen MR) is 67.9 cm³/mol. The van der Waals surface area contributed by atoms with Gasteiger partial charge in [-0.15, -0.1) is 22.7 Å². The van der Waals surface area contributed by atoms with Gasteiger partial charge in [-0.3, -0.25) is 0 Å². The summed E-state index contributed by atoms with van der Waals surface area (Å²) < 4.78 is 2.74. The minimum Gasteiger partial charge on any atom is -0.137 e. The Bertz CT molecular complexity index is 289. The van der Waals surface area contributed by atoms with Gasteiger partial charge in [0, 0.05) is 0 Å². The van der Waals surface area contributed by atoms with Crippen LogP contribution in [0.25, 0.3) is 0 Å². The second kappa shape index (κ2) is 5.36. The standard InChI is InChI=1S/C8H6S5/c1-3-7(9-5-1)11-13-12-8-4-2-6-10-8/h1-6H. The van der Waals surface area contributed by atoms with Gasteiger partial charge < -0.3 is 0 Å². The molecular formula is C8H6S5. The molecular weight excluding hydrogens is 256 g/mol. The molecule has 0 nitrogen and oxygen atoms in total. The van der Waals surface area contributed by atoms with E-state index in [1.807, 2.05) is 31.4 Å². The average Bonchev–Trinajstić information content (AvgIpc) is 2.75. The van der Waals surface area contributed by atoms with Crippen molar-refractivity contribution < 1.29 is 0 Å². The Balaban J connectivity index is 1.76. The van der Waals surface area contributed by atoms with Gasteiger partial charge in [-0.25, -0.2) is 0 Å². The van der Waals surface area contributed by atoms with Gasteiger partial charge in [0.1, 0.15) is 0 Å². The van der Waals surface area contributed by atoms with Crippen molar-refractivity contribution in [2.75, 3.05) is 0 Å². The molecule has 5 heteroatoms. The molecule has 0 radical (unpaired) electrons. The highest BCUT2D eigenvalue weighted by atomic mass is 33.5. The van der Waals surface area contributed by atoms with E-state index in [-0.39, 0.29) is 0 Å². The van der Waals surface area contributed by atoms with Crippen molar-refractivity contribution in [1.82, 2.24) is 0 Å². The molecule has 0 aliphatic heterocycles. The van der Waals surface area contributed by atoms with Crippen molar-refractivity contribution in [1.29, 1.82) is 0 Å². The van der Waals surface area contributed by atoms with Crippen molar-refractivity contribution in [2.45, 2.75) is 8.42 Å². The van der Waals surface area contributed by atoms with E-state index in [2.05, 4.69) is 35.0 Å². The van der Waals surface area contributed by atoms with Crippen molar-refractivity contribution in [3.63, 3.8) is 0 Å². The average molecular weight is 262 g/mol. The van der Waals surface area contributed by atoms with Crippen LogP contribution in [0.2, 0.25) is 0 Å². The van der Waals surface area contributed by atoms with Crippen LogP contribution in [0.1, 0.15) is 0 Å². The molecule has 0 aromatic carbocycles. The lowest BCUT2D eigenvalue weighted by Gasteiger charge is -1.93. The molecule has 2 heterocycles. The van der Waals surface area contributed by atoms with Crippen LogP contribution in [0.3, 0.4) is 0 Å². The third-order valence-electron chi connectivity index (χ3n) is 1.22. The maximum Gasteiger partial charge on any atom is 0.0714 e. The summed E-state index contributed by atoms with van der Waals surface area (Å²) in [5.41, 5.74) is 0. The monoisotopic (exact) mass is 262 g/mol. The predicted octanol–water partition coefficient (Wildman–Crippen LogP) is 5.26. The number of thiophene rings is 2. The van der Waals surface area contributed by atoms with Gasteiger partial charge in [-0.1, -0.05) is 12.1 Å². The Hall–Kier alpha value is 0.450. The first-order valence-corrected chi connectivity index (χ1v) is 8.77. The SMILES string of the molecule is c1csc(SSSc2cccs2)c1. The van der Waals surface area contributed by atoms with Crippen molar-refractivity contribution in [3.8, 4) is 0 Å². The third kappa shape index (κ3) is 3.25. The van der Waals surface area contributed by atoms with Crippen molar-refractivity contribution in [2.24, 2.45) is 0 Å². The van der Waals surface area contributed by atoms with E-state index in [9.17, 15) is 0 Å². The molecule has 0 N–H and O–H groups in total. The maximum absolute atomic E-state index is 2.15. The van der Waals surface area contributed by atoms with Crippen molar-refractivity contribution >= 4 is 54.1 Å². The minimum atomic E-state index is 1.37. The number of hydrogen-bond donors (Lipinski definition) is 0. The molecule has 0 saturated carbocycles. The molecule has 0 saturated heterocycles. The molecule has 2 aromatic heterocycles. The molecule has 0 spiro atoms. The zero-order valence-corrected chi connectivity index (χ0v) is 10.6. The summed E-state index contributed by atoms with van der Waals surface area (Å²) in [4.78, 5) is 0. The van der Waals surface area contributed by atoms with E-state index in [1.54, 1.807) is 22.7 Å². The highest BCUT2D eigenvalue weighted by molar-refractivity contribution is 9.09. The smallest absolute Gasteiger partial charge is 0.0714 e. The van der Waals surface area contributed by atoms with Gasteiger partial charge in [-0.2, -0.15) is 0 Å². The van der Waals surface area contributed by atoms with Gasteiger partial charge in [0.25, 0.3) is 0 Å². The molecule has 0 amide bonds. The van der Waals surface area contributed by atoms with Crippen LogP contribution >= 0.6 is 54.1 Å². The molecule has 0 unspecified atom stereocenters. The molecule has 0 bridgehead atoms. The highest BCUT2D eigenvalue weighted by Gasteiger charge is 1.98. The van der Waals surface area contributed by atoms with Gasteiger partial charge in [-0.05, 0) is 54.3 Å². The quantitative estimate of drug-likeness (QED) is 0.690. The van der Waals surface area contributed by atoms with Crippen LogP contribution in [0.4, 0.5) is 0 Å².